The van der Waals surface area contributed by atoms with Gasteiger partial charge >= 0.3 is 6.09 Å². The fourth-order valence-corrected chi connectivity index (χ4v) is 2.44. The van der Waals surface area contributed by atoms with E-state index in [2.05, 4.69) is 5.32 Å². The lowest BCUT2D eigenvalue weighted by molar-refractivity contribution is 0.0204. The number of ether oxygens (including phenoxy) is 2. The molecule has 5 nitrogen and oxygen atoms in total. The van der Waals surface area contributed by atoms with Crippen LogP contribution in [-0.4, -0.2) is 42.7 Å². The van der Waals surface area contributed by atoms with Crippen LogP contribution in [0.3, 0.4) is 0 Å². The van der Waals surface area contributed by atoms with Crippen LogP contribution in [0, 0.1) is 5.41 Å². The first-order chi connectivity index (χ1) is 9.30. The summed E-state index contributed by atoms with van der Waals surface area (Å²) in [7, 11) is 0. The van der Waals surface area contributed by atoms with Crippen LogP contribution >= 0.6 is 0 Å². The summed E-state index contributed by atoms with van der Waals surface area (Å²) in [6, 6.07) is 0. The number of carbonyl (C=O) groups excluding carboxylic acids is 1. The monoisotopic (exact) mass is 287 g/mol. The minimum Gasteiger partial charge on any atom is -0.444 e. The third-order valence-electron chi connectivity index (χ3n) is 3.78. The summed E-state index contributed by atoms with van der Waals surface area (Å²) in [5.74, 6) is 0. The second kappa shape index (κ2) is 7.27. The topological polar surface area (TPSA) is 67.8 Å². The molecule has 1 rings (SSSR count). The number of amides is 1. The molecule has 0 bridgehead atoms. The van der Waals surface area contributed by atoms with E-state index in [1.165, 1.54) is 0 Å². The van der Waals surface area contributed by atoms with Gasteiger partial charge in [0.2, 0.25) is 0 Å². The first kappa shape index (κ1) is 17.2. The molecule has 1 saturated heterocycles. The number of hydrogen-bond acceptors (Lipinski definition) is 4. The summed E-state index contributed by atoms with van der Waals surface area (Å²) >= 11 is 0. The molecule has 20 heavy (non-hydrogen) atoms. The number of aliphatic hydroxyl groups excluding tert-OH is 1. The van der Waals surface area contributed by atoms with Crippen molar-refractivity contribution in [2.24, 2.45) is 5.41 Å². The zero-order valence-electron chi connectivity index (χ0n) is 13.2. The van der Waals surface area contributed by atoms with Crippen LogP contribution in [0.25, 0.3) is 0 Å². The fraction of sp³-hybridized carbons (Fsp3) is 0.933. The lowest BCUT2D eigenvalue weighted by Gasteiger charge is -2.33. The summed E-state index contributed by atoms with van der Waals surface area (Å²) in [5, 5.41) is 12.5. The van der Waals surface area contributed by atoms with Crippen molar-refractivity contribution in [3.8, 4) is 0 Å². The molecule has 2 unspecified atom stereocenters. The van der Waals surface area contributed by atoms with Gasteiger partial charge in [0.1, 0.15) is 5.60 Å². The van der Waals surface area contributed by atoms with E-state index in [0.717, 1.165) is 32.3 Å². The van der Waals surface area contributed by atoms with Crippen LogP contribution in [0.2, 0.25) is 0 Å². The van der Waals surface area contributed by atoms with E-state index in [0.29, 0.717) is 6.54 Å². The Morgan fingerprint density at radius 1 is 1.45 bits per heavy atom. The summed E-state index contributed by atoms with van der Waals surface area (Å²) in [6.45, 7) is 8.78. The third kappa shape index (κ3) is 5.67. The Kier molecular flexibility index (Phi) is 6.27. The number of aliphatic hydroxyl groups is 1. The quantitative estimate of drug-likeness (QED) is 0.787. The Morgan fingerprint density at radius 2 is 2.15 bits per heavy atom. The molecule has 118 valence electrons. The Bertz CT molecular complexity index is 301. The van der Waals surface area contributed by atoms with Gasteiger partial charge in [0.25, 0.3) is 0 Å². The van der Waals surface area contributed by atoms with Gasteiger partial charge in [-0.2, -0.15) is 0 Å². The summed E-state index contributed by atoms with van der Waals surface area (Å²) in [6.07, 6.45) is 3.44. The van der Waals surface area contributed by atoms with Crippen LogP contribution in [0.1, 0.15) is 53.4 Å². The van der Waals surface area contributed by atoms with Gasteiger partial charge in [0, 0.05) is 18.6 Å². The summed E-state index contributed by atoms with van der Waals surface area (Å²) < 4.78 is 10.9. The zero-order valence-corrected chi connectivity index (χ0v) is 13.2. The molecule has 0 aromatic heterocycles. The molecule has 0 aromatic rings. The summed E-state index contributed by atoms with van der Waals surface area (Å²) in [4.78, 5) is 11.7. The molecule has 2 N–H and O–H groups in total. The van der Waals surface area contributed by atoms with E-state index in [1.54, 1.807) is 0 Å². The standard InChI is InChI=1S/C15H29NO4/c1-5-15(11-17,9-12-7-6-8-19-12)10-16-13(18)20-14(2,3)4/h12,17H,5-11H2,1-4H3,(H,16,18). The van der Waals surface area contributed by atoms with Crippen molar-refractivity contribution in [3.63, 3.8) is 0 Å². The van der Waals surface area contributed by atoms with Gasteiger partial charge in [-0.25, -0.2) is 4.79 Å². The lowest BCUT2D eigenvalue weighted by atomic mass is 9.80. The van der Waals surface area contributed by atoms with Gasteiger partial charge in [-0.05, 0) is 46.5 Å². The Hall–Kier alpha value is -0.810. The largest absolute Gasteiger partial charge is 0.444 e. The van der Waals surface area contributed by atoms with Gasteiger partial charge in [-0.1, -0.05) is 6.92 Å². The fourth-order valence-electron chi connectivity index (χ4n) is 2.44. The maximum absolute atomic E-state index is 11.7. The second-order valence-corrected chi connectivity index (χ2v) is 6.71. The van der Waals surface area contributed by atoms with Gasteiger partial charge in [-0.15, -0.1) is 0 Å². The van der Waals surface area contributed by atoms with Crippen LogP contribution in [0.15, 0.2) is 0 Å². The number of rotatable bonds is 6. The van der Waals surface area contributed by atoms with Crippen molar-refractivity contribution in [3.05, 3.63) is 0 Å². The molecule has 1 fully saturated rings. The number of carbonyl (C=O) groups is 1. The smallest absolute Gasteiger partial charge is 0.407 e. The average molecular weight is 287 g/mol. The number of nitrogens with one attached hydrogen (secondary N) is 1. The van der Waals surface area contributed by atoms with Crippen molar-refractivity contribution in [1.29, 1.82) is 0 Å². The maximum Gasteiger partial charge on any atom is 0.407 e. The molecule has 1 aliphatic rings. The summed E-state index contributed by atoms with van der Waals surface area (Å²) in [5.41, 5.74) is -0.835. The maximum atomic E-state index is 11.7. The van der Waals surface area contributed by atoms with Crippen LogP contribution in [0.5, 0.6) is 0 Å². The lowest BCUT2D eigenvalue weighted by Crippen LogP contribution is -2.43. The average Bonchev–Trinajstić information content (AvgIpc) is 2.85. The van der Waals surface area contributed by atoms with Crippen molar-refractivity contribution in [2.75, 3.05) is 19.8 Å². The van der Waals surface area contributed by atoms with Crippen LogP contribution in [0.4, 0.5) is 4.79 Å². The highest BCUT2D eigenvalue weighted by Crippen LogP contribution is 2.31. The molecular weight excluding hydrogens is 258 g/mol. The zero-order chi connectivity index (χ0) is 15.2. The minimum absolute atomic E-state index is 0.0408. The van der Waals surface area contributed by atoms with E-state index in [9.17, 15) is 9.90 Å². The molecular formula is C15H29NO4. The highest BCUT2D eigenvalue weighted by Gasteiger charge is 2.33. The van der Waals surface area contributed by atoms with E-state index in [-0.39, 0.29) is 18.1 Å². The van der Waals surface area contributed by atoms with Crippen LogP contribution in [-0.2, 0) is 9.47 Å². The molecule has 0 aliphatic carbocycles. The van der Waals surface area contributed by atoms with Gasteiger partial charge < -0.3 is 19.9 Å². The van der Waals surface area contributed by atoms with Crippen molar-refractivity contribution in [1.82, 2.24) is 5.32 Å². The molecule has 1 amide bonds. The Morgan fingerprint density at radius 3 is 2.60 bits per heavy atom. The highest BCUT2D eigenvalue weighted by atomic mass is 16.6. The number of alkyl carbamates (subject to hydrolysis) is 1. The van der Waals surface area contributed by atoms with Gasteiger partial charge in [0.05, 0.1) is 12.7 Å². The first-order valence-corrected chi connectivity index (χ1v) is 7.49. The molecule has 0 saturated carbocycles. The first-order valence-electron chi connectivity index (χ1n) is 7.49. The van der Waals surface area contributed by atoms with Crippen molar-refractivity contribution >= 4 is 6.09 Å². The third-order valence-corrected chi connectivity index (χ3v) is 3.78. The molecule has 5 heteroatoms. The molecule has 1 aliphatic heterocycles. The predicted octanol–water partition coefficient (Wildman–Crippen LogP) is 2.47. The highest BCUT2D eigenvalue weighted by molar-refractivity contribution is 5.67. The predicted molar refractivity (Wildman–Crippen MR) is 77.6 cm³/mol. The molecule has 1 heterocycles. The van der Waals surface area contributed by atoms with E-state index >= 15 is 0 Å². The van der Waals surface area contributed by atoms with Gasteiger partial charge in [0.15, 0.2) is 0 Å². The van der Waals surface area contributed by atoms with E-state index in [4.69, 9.17) is 9.47 Å². The van der Waals surface area contributed by atoms with E-state index in [1.807, 2.05) is 27.7 Å². The van der Waals surface area contributed by atoms with E-state index < -0.39 is 11.7 Å². The Labute approximate surface area is 122 Å². The van der Waals surface area contributed by atoms with Crippen molar-refractivity contribution in [2.45, 2.75) is 65.1 Å². The number of hydrogen-bond donors (Lipinski definition) is 2. The minimum atomic E-state index is -0.507. The van der Waals surface area contributed by atoms with Crippen LogP contribution < -0.4 is 5.32 Å². The van der Waals surface area contributed by atoms with Gasteiger partial charge in [-0.3, -0.25) is 0 Å². The Balaban J connectivity index is 2.50. The molecule has 0 aromatic carbocycles. The molecule has 2 atom stereocenters. The molecule has 0 radical (unpaired) electrons. The normalized spacial score (nSPS) is 22.4. The second-order valence-electron chi connectivity index (χ2n) is 6.71. The SMILES string of the molecule is CCC(CO)(CNC(=O)OC(C)(C)C)CC1CCCO1. The molecule has 0 spiro atoms. The van der Waals surface area contributed by atoms with Crippen molar-refractivity contribution < 1.29 is 19.4 Å².